The number of nitrogens with zero attached hydrogens (tertiary/aromatic N) is 1. The number of sulfonamides is 1. The smallest absolute Gasteiger partial charge is 0.229 e. The van der Waals surface area contributed by atoms with Crippen molar-refractivity contribution in [1.29, 1.82) is 0 Å². The van der Waals surface area contributed by atoms with E-state index < -0.39 is 25.9 Å². The zero-order valence-corrected chi connectivity index (χ0v) is 14.4. The zero-order chi connectivity index (χ0) is 16.5. The molecule has 22 heavy (non-hydrogen) atoms. The number of hydrogen-bond acceptors (Lipinski definition) is 4. The fourth-order valence-corrected chi connectivity index (χ4v) is 6.41. The van der Waals surface area contributed by atoms with Gasteiger partial charge in [0.15, 0.2) is 9.84 Å². The van der Waals surface area contributed by atoms with E-state index in [0.717, 1.165) is 9.87 Å². The number of halogens is 1. The van der Waals surface area contributed by atoms with Crippen LogP contribution in [0.1, 0.15) is 12.0 Å². The Morgan fingerprint density at radius 2 is 2.14 bits per heavy atom. The van der Waals surface area contributed by atoms with E-state index in [-0.39, 0.29) is 34.4 Å². The van der Waals surface area contributed by atoms with Crippen LogP contribution in [-0.2, 0) is 19.9 Å². The molecule has 1 aliphatic rings. The Balaban J connectivity index is 2.45. The second-order valence-electron chi connectivity index (χ2n) is 5.25. The quantitative estimate of drug-likeness (QED) is 0.761. The molecule has 0 aliphatic carbocycles. The van der Waals surface area contributed by atoms with Crippen LogP contribution in [0.25, 0.3) is 0 Å². The first-order valence-corrected chi connectivity index (χ1v) is 10.2. The van der Waals surface area contributed by atoms with Gasteiger partial charge in [-0.25, -0.2) is 16.8 Å². The molecule has 120 valence electrons. The highest BCUT2D eigenvalue weighted by Gasteiger charge is 2.39. The largest absolute Gasteiger partial charge is 0.245 e. The minimum Gasteiger partial charge on any atom is -0.229 e. The summed E-state index contributed by atoms with van der Waals surface area (Å²) in [6.07, 6.45) is 5.51. The lowest BCUT2D eigenvalue weighted by Gasteiger charge is -2.25. The van der Waals surface area contributed by atoms with E-state index in [4.69, 9.17) is 18.0 Å². The molecule has 1 heterocycles. The van der Waals surface area contributed by atoms with E-state index in [0.29, 0.717) is 0 Å². The van der Waals surface area contributed by atoms with Gasteiger partial charge < -0.3 is 0 Å². The molecular weight excluding hydrogens is 346 g/mol. The van der Waals surface area contributed by atoms with E-state index >= 15 is 0 Å². The molecule has 0 bridgehead atoms. The third-order valence-electron chi connectivity index (χ3n) is 3.54. The SMILES string of the molecule is C#CCN(C1CCS(=O)(=O)C1)S(=O)(=O)c1ccc(C)cc1Cl. The molecule has 0 saturated carbocycles. The topological polar surface area (TPSA) is 71.5 Å². The predicted molar refractivity (Wildman–Crippen MR) is 86.0 cm³/mol. The molecule has 1 saturated heterocycles. The molecule has 1 fully saturated rings. The second-order valence-corrected chi connectivity index (χ2v) is 9.74. The Bertz CT molecular complexity index is 825. The van der Waals surface area contributed by atoms with Crippen molar-refractivity contribution in [2.75, 3.05) is 18.1 Å². The van der Waals surface area contributed by atoms with Gasteiger partial charge in [0.05, 0.1) is 23.1 Å². The fraction of sp³-hybridized carbons (Fsp3) is 0.429. The third kappa shape index (κ3) is 3.46. The lowest BCUT2D eigenvalue weighted by molar-refractivity contribution is 0.371. The molecule has 1 aromatic carbocycles. The summed E-state index contributed by atoms with van der Waals surface area (Å²) in [5.74, 6) is 2.04. The van der Waals surface area contributed by atoms with Crippen LogP contribution in [0.5, 0.6) is 0 Å². The summed E-state index contributed by atoms with van der Waals surface area (Å²) in [4.78, 5) is -0.0562. The van der Waals surface area contributed by atoms with Crippen molar-refractivity contribution in [3.05, 3.63) is 28.8 Å². The van der Waals surface area contributed by atoms with Crippen LogP contribution < -0.4 is 0 Å². The van der Waals surface area contributed by atoms with Gasteiger partial charge in [0, 0.05) is 6.04 Å². The van der Waals surface area contributed by atoms with Crippen LogP contribution in [0.4, 0.5) is 0 Å². The second kappa shape index (κ2) is 6.20. The van der Waals surface area contributed by atoms with E-state index in [2.05, 4.69) is 5.92 Å². The Labute approximate surface area is 136 Å². The van der Waals surface area contributed by atoms with E-state index in [1.54, 1.807) is 19.1 Å². The number of aryl methyl sites for hydroxylation is 1. The summed E-state index contributed by atoms with van der Waals surface area (Å²) in [6, 6.07) is 3.95. The van der Waals surface area contributed by atoms with Gasteiger partial charge in [-0.3, -0.25) is 0 Å². The molecule has 0 spiro atoms. The molecule has 8 heteroatoms. The molecule has 1 aromatic rings. The minimum atomic E-state index is -3.95. The summed E-state index contributed by atoms with van der Waals surface area (Å²) in [5, 5.41) is 0.0999. The summed E-state index contributed by atoms with van der Waals surface area (Å²) in [6.45, 7) is 1.61. The van der Waals surface area contributed by atoms with Crippen molar-refractivity contribution in [3.63, 3.8) is 0 Å². The van der Waals surface area contributed by atoms with Crippen molar-refractivity contribution >= 4 is 31.5 Å². The highest BCUT2D eigenvalue weighted by molar-refractivity contribution is 7.92. The minimum absolute atomic E-state index is 0.0319. The summed E-state index contributed by atoms with van der Waals surface area (Å²) in [5.41, 5.74) is 0.830. The van der Waals surface area contributed by atoms with Gasteiger partial charge in [0.1, 0.15) is 4.90 Å². The highest BCUT2D eigenvalue weighted by atomic mass is 35.5. The number of benzene rings is 1. The standard InChI is InChI=1S/C14H16ClNO4S2/c1-3-7-16(12-6-8-21(17,18)10-12)22(19,20)14-5-4-11(2)9-13(14)15/h1,4-5,9,12H,6-8,10H2,2H3. The van der Waals surface area contributed by atoms with Crippen LogP contribution in [0.3, 0.4) is 0 Å². The molecule has 0 radical (unpaired) electrons. The summed E-state index contributed by atoms with van der Waals surface area (Å²) < 4.78 is 49.9. The Morgan fingerprint density at radius 3 is 2.64 bits per heavy atom. The van der Waals surface area contributed by atoms with Crippen molar-refractivity contribution in [1.82, 2.24) is 4.31 Å². The average Bonchev–Trinajstić information content (AvgIpc) is 2.75. The lowest BCUT2D eigenvalue weighted by atomic mass is 10.2. The highest BCUT2D eigenvalue weighted by Crippen LogP contribution is 2.29. The normalized spacial score (nSPS) is 20.9. The summed E-state index contributed by atoms with van der Waals surface area (Å²) >= 11 is 6.05. The van der Waals surface area contributed by atoms with Crippen LogP contribution in [0.2, 0.25) is 5.02 Å². The van der Waals surface area contributed by atoms with Crippen molar-refractivity contribution in [2.24, 2.45) is 0 Å². The molecule has 5 nitrogen and oxygen atoms in total. The van der Waals surface area contributed by atoms with E-state index in [1.807, 2.05) is 0 Å². The van der Waals surface area contributed by atoms with Crippen LogP contribution in [0.15, 0.2) is 23.1 Å². The Morgan fingerprint density at radius 1 is 1.45 bits per heavy atom. The summed E-state index contributed by atoms with van der Waals surface area (Å²) in [7, 11) is -7.18. The lowest BCUT2D eigenvalue weighted by Crippen LogP contribution is -2.41. The van der Waals surface area contributed by atoms with Gasteiger partial charge in [-0.2, -0.15) is 4.31 Å². The van der Waals surface area contributed by atoms with Gasteiger partial charge >= 0.3 is 0 Å². The van der Waals surface area contributed by atoms with Crippen molar-refractivity contribution in [2.45, 2.75) is 24.3 Å². The molecule has 0 N–H and O–H groups in total. The number of hydrogen-bond donors (Lipinski definition) is 0. The molecule has 2 rings (SSSR count). The average molecular weight is 362 g/mol. The van der Waals surface area contributed by atoms with Crippen LogP contribution in [-0.4, -0.2) is 45.2 Å². The third-order valence-corrected chi connectivity index (χ3v) is 7.67. The molecule has 0 amide bonds. The number of terminal acetylenes is 1. The van der Waals surface area contributed by atoms with E-state index in [9.17, 15) is 16.8 Å². The molecule has 1 unspecified atom stereocenters. The fourth-order valence-electron chi connectivity index (χ4n) is 2.44. The van der Waals surface area contributed by atoms with Crippen molar-refractivity contribution < 1.29 is 16.8 Å². The van der Waals surface area contributed by atoms with Crippen LogP contribution in [0, 0.1) is 19.3 Å². The van der Waals surface area contributed by atoms with Crippen LogP contribution >= 0.6 is 11.6 Å². The molecular formula is C14H16ClNO4S2. The maximum absolute atomic E-state index is 12.8. The first-order valence-electron chi connectivity index (χ1n) is 6.59. The number of rotatable bonds is 4. The van der Waals surface area contributed by atoms with Gasteiger partial charge in [-0.05, 0) is 31.0 Å². The molecule has 1 atom stereocenters. The van der Waals surface area contributed by atoms with E-state index in [1.165, 1.54) is 6.07 Å². The maximum Gasteiger partial charge on any atom is 0.245 e. The van der Waals surface area contributed by atoms with Crippen molar-refractivity contribution in [3.8, 4) is 12.3 Å². The van der Waals surface area contributed by atoms with Gasteiger partial charge in [0.25, 0.3) is 0 Å². The number of sulfone groups is 1. The first-order chi connectivity index (χ1) is 10.2. The zero-order valence-electron chi connectivity index (χ0n) is 12.0. The monoisotopic (exact) mass is 361 g/mol. The predicted octanol–water partition coefficient (Wildman–Crippen LogP) is 1.46. The molecule has 0 aromatic heterocycles. The molecule has 1 aliphatic heterocycles. The Kier molecular flexibility index (Phi) is 4.87. The van der Waals surface area contributed by atoms with Gasteiger partial charge in [-0.15, -0.1) is 6.42 Å². The maximum atomic E-state index is 12.8. The van der Waals surface area contributed by atoms with Gasteiger partial charge in [0.2, 0.25) is 10.0 Å². The van der Waals surface area contributed by atoms with Gasteiger partial charge in [-0.1, -0.05) is 23.6 Å². The first kappa shape index (κ1) is 17.3. The Hall–Kier alpha value is -1.07.